The minimum absolute atomic E-state index is 0.607. The molecule has 2 aromatic heterocycles. The third-order valence-electron chi connectivity index (χ3n) is 8.76. The first-order chi connectivity index (χ1) is 23.3. The second kappa shape index (κ2) is 11.2. The number of rotatable bonds is 5. The van der Waals surface area contributed by atoms with Gasteiger partial charge in [0, 0.05) is 32.8 Å². The summed E-state index contributed by atoms with van der Waals surface area (Å²) in [6.07, 6.45) is 0. The van der Waals surface area contributed by atoms with Crippen molar-refractivity contribution in [3.05, 3.63) is 164 Å². The molecule has 7 aromatic carbocycles. The normalized spacial score (nSPS) is 11.4. The summed E-state index contributed by atoms with van der Waals surface area (Å²) in [4.78, 5) is 15.1. The lowest BCUT2D eigenvalue weighted by Gasteiger charge is -2.10. The Balaban J connectivity index is 1.16. The summed E-state index contributed by atoms with van der Waals surface area (Å²) >= 11 is 0. The average molecular weight is 602 g/mol. The van der Waals surface area contributed by atoms with E-state index in [-0.39, 0.29) is 0 Å². The summed E-state index contributed by atoms with van der Waals surface area (Å²) in [5.41, 5.74) is 9.14. The van der Waals surface area contributed by atoms with Crippen LogP contribution in [-0.4, -0.2) is 15.0 Å². The number of aromatic nitrogens is 3. The summed E-state index contributed by atoms with van der Waals surface area (Å²) in [7, 11) is 0. The van der Waals surface area contributed by atoms with Crippen molar-refractivity contribution in [2.75, 3.05) is 0 Å². The Morgan fingerprint density at radius 3 is 1.51 bits per heavy atom. The molecule has 0 N–H and O–H groups in total. The molecule has 0 unspecified atom stereocenters. The highest BCUT2D eigenvalue weighted by atomic mass is 16.3. The molecule has 4 heteroatoms. The van der Waals surface area contributed by atoms with Crippen LogP contribution in [0.5, 0.6) is 0 Å². The third-order valence-corrected chi connectivity index (χ3v) is 8.76. The molecule has 0 radical (unpaired) electrons. The van der Waals surface area contributed by atoms with Crippen LogP contribution in [0.25, 0.3) is 89.1 Å². The molecule has 220 valence electrons. The standard InChI is InChI=1S/C43H27N3O/c1-3-10-28(11-4-1)29-18-20-30(21-19-29)31-22-24-34(25-23-31)42-44-41(33-13-5-2-6-14-33)45-43(46-42)37-16-9-17-38-39(37)36-27-26-32-12-7-8-15-35(32)40(36)47-38/h1-27H. The number of fused-ring (bicyclic) bond motifs is 5. The molecule has 0 aliphatic carbocycles. The predicted molar refractivity (Wildman–Crippen MR) is 192 cm³/mol. The van der Waals surface area contributed by atoms with Crippen molar-refractivity contribution in [1.29, 1.82) is 0 Å². The van der Waals surface area contributed by atoms with E-state index < -0.39 is 0 Å². The van der Waals surface area contributed by atoms with Crippen molar-refractivity contribution >= 4 is 32.7 Å². The van der Waals surface area contributed by atoms with Gasteiger partial charge in [-0.25, -0.2) is 15.0 Å². The van der Waals surface area contributed by atoms with Crippen molar-refractivity contribution in [2.45, 2.75) is 0 Å². The molecule has 0 fully saturated rings. The summed E-state index contributed by atoms with van der Waals surface area (Å²) < 4.78 is 6.47. The second-order valence-electron chi connectivity index (χ2n) is 11.6. The monoisotopic (exact) mass is 601 g/mol. The van der Waals surface area contributed by atoms with Crippen molar-refractivity contribution in [2.24, 2.45) is 0 Å². The van der Waals surface area contributed by atoms with Gasteiger partial charge in [-0.3, -0.25) is 0 Å². The van der Waals surface area contributed by atoms with Gasteiger partial charge in [-0.1, -0.05) is 152 Å². The summed E-state index contributed by atoms with van der Waals surface area (Å²) in [6.45, 7) is 0. The number of benzene rings is 7. The van der Waals surface area contributed by atoms with Crippen molar-refractivity contribution in [3.63, 3.8) is 0 Å². The van der Waals surface area contributed by atoms with E-state index in [0.29, 0.717) is 17.5 Å². The molecule has 9 aromatic rings. The largest absolute Gasteiger partial charge is 0.455 e. The Bertz CT molecular complexity index is 2540. The van der Waals surface area contributed by atoms with Gasteiger partial charge in [-0.2, -0.15) is 0 Å². The highest BCUT2D eigenvalue weighted by molar-refractivity contribution is 6.18. The van der Waals surface area contributed by atoms with Gasteiger partial charge in [0.1, 0.15) is 11.2 Å². The van der Waals surface area contributed by atoms with Crippen LogP contribution in [-0.2, 0) is 0 Å². The highest BCUT2D eigenvalue weighted by Crippen LogP contribution is 2.39. The van der Waals surface area contributed by atoms with Gasteiger partial charge in [-0.05, 0) is 39.8 Å². The van der Waals surface area contributed by atoms with E-state index in [9.17, 15) is 0 Å². The van der Waals surface area contributed by atoms with E-state index in [1.165, 1.54) is 11.1 Å². The molecule has 0 spiro atoms. The lowest BCUT2D eigenvalue weighted by molar-refractivity contribution is 0.672. The number of nitrogens with zero attached hydrogens (tertiary/aromatic N) is 3. The summed E-state index contributed by atoms with van der Waals surface area (Å²) in [5, 5.41) is 4.27. The van der Waals surface area contributed by atoms with Crippen LogP contribution in [0, 0.1) is 0 Å². The Kier molecular flexibility index (Phi) is 6.43. The van der Waals surface area contributed by atoms with E-state index in [2.05, 4.69) is 103 Å². The van der Waals surface area contributed by atoms with Gasteiger partial charge in [0.2, 0.25) is 0 Å². The Morgan fingerprint density at radius 1 is 0.340 bits per heavy atom. The zero-order chi connectivity index (χ0) is 31.2. The fourth-order valence-electron chi connectivity index (χ4n) is 6.38. The summed E-state index contributed by atoms with van der Waals surface area (Å²) in [6, 6.07) is 56.3. The molecule has 4 nitrogen and oxygen atoms in total. The minimum Gasteiger partial charge on any atom is -0.455 e. The van der Waals surface area contributed by atoms with E-state index in [4.69, 9.17) is 19.4 Å². The van der Waals surface area contributed by atoms with Crippen molar-refractivity contribution in [3.8, 4) is 56.4 Å². The van der Waals surface area contributed by atoms with Gasteiger partial charge < -0.3 is 4.42 Å². The molecule has 47 heavy (non-hydrogen) atoms. The molecule has 0 saturated heterocycles. The Labute approximate surface area is 271 Å². The van der Waals surface area contributed by atoms with Gasteiger partial charge in [-0.15, -0.1) is 0 Å². The lowest BCUT2D eigenvalue weighted by atomic mass is 9.99. The van der Waals surface area contributed by atoms with Crippen LogP contribution >= 0.6 is 0 Å². The number of hydrogen-bond acceptors (Lipinski definition) is 4. The molecule has 0 atom stereocenters. The average Bonchev–Trinajstić information content (AvgIpc) is 3.55. The first kappa shape index (κ1) is 27.0. The number of furan rings is 1. The fourth-order valence-corrected chi connectivity index (χ4v) is 6.38. The molecule has 0 bridgehead atoms. The topological polar surface area (TPSA) is 51.8 Å². The molecule has 0 saturated carbocycles. The molecular weight excluding hydrogens is 574 g/mol. The van der Waals surface area contributed by atoms with E-state index in [1.807, 2.05) is 60.7 Å². The zero-order valence-electron chi connectivity index (χ0n) is 25.3. The van der Waals surface area contributed by atoms with Gasteiger partial charge in [0.15, 0.2) is 17.5 Å². The SMILES string of the molecule is c1ccc(-c2ccc(-c3ccc(-c4nc(-c5ccccc5)nc(-c5cccc6oc7c8ccccc8ccc7c56)n4)cc3)cc2)cc1. The molecule has 0 aliphatic rings. The van der Waals surface area contributed by atoms with Crippen LogP contribution in [0.3, 0.4) is 0 Å². The summed E-state index contributed by atoms with van der Waals surface area (Å²) in [5.74, 6) is 1.85. The maximum atomic E-state index is 6.47. The quantitative estimate of drug-likeness (QED) is 0.197. The fraction of sp³-hybridized carbons (Fsp3) is 0. The maximum absolute atomic E-state index is 6.47. The highest BCUT2D eigenvalue weighted by Gasteiger charge is 2.19. The van der Waals surface area contributed by atoms with Crippen LogP contribution in [0.2, 0.25) is 0 Å². The molecule has 0 aliphatic heterocycles. The van der Waals surface area contributed by atoms with Crippen molar-refractivity contribution < 1.29 is 4.42 Å². The first-order valence-electron chi connectivity index (χ1n) is 15.7. The van der Waals surface area contributed by atoms with Gasteiger partial charge in [0.05, 0.1) is 0 Å². The van der Waals surface area contributed by atoms with Crippen LogP contribution in [0.4, 0.5) is 0 Å². The third kappa shape index (κ3) is 4.84. The second-order valence-corrected chi connectivity index (χ2v) is 11.6. The van der Waals surface area contributed by atoms with Crippen molar-refractivity contribution in [1.82, 2.24) is 15.0 Å². The van der Waals surface area contributed by atoms with Crippen LogP contribution < -0.4 is 0 Å². The lowest BCUT2D eigenvalue weighted by Crippen LogP contribution is -2.00. The molecule has 9 rings (SSSR count). The molecule has 2 heterocycles. The van der Waals surface area contributed by atoms with E-state index >= 15 is 0 Å². The smallest absolute Gasteiger partial charge is 0.164 e. The molecule has 0 amide bonds. The Morgan fingerprint density at radius 2 is 0.851 bits per heavy atom. The number of hydrogen-bond donors (Lipinski definition) is 0. The first-order valence-corrected chi connectivity index (χ1v) is 15.7. The minimum atomic E-state index is 0.607. The van der Waals surface area contributed by atoms with Crippen LogP contribution in [0.1, 0.15) is 0 Å². The van der Waals surface area contributed by atoms with E-state index in [1.54, 1.807) is 0 Å². The maximum Gasteiger partial charge on any atom is 0.164 e. The zero-order valence-corrected chi connectivity index (χ0v) is 25.3. The van der Waals surface area contributed by atoms with E-state index in [0.717, 1.165) is 60.5 Å². The van der Waals surface area contributed by atoms with Crippen LogP contribution in [0.15, 0.2) is 168 Å². The van der Waals surface area contributed by atoms with Gasteiger partial charge in [0.25, 0.3) is 0 Å². The Hall–Kier alpha value is -6.39. The molecular formula is C43H27N3O. The predicted octanol–water partition coefficient (Wildman–Crippen LogP) is 11.3. The van der Waals surface area contributed by atoms with Gasteiger partial charge >= 0.3 is 0 Å².